The largest absolute Gasteiger partial charge is 0.357 e. The van der Waals surface area contributed by atoms with Gasteiger partial charge in [-0.25, -0.2) is 4.98 Å². The number of anilines is 1. The molecule has 1 rings (SSSR count). The van der Waals surface area contributed by atoms with Crippen LogP contribution in [0.5, 0.6) is 0 Å². The molecule has 0 aromatic carbocycles. The van der Waals surface area contributed by atoms with Gasteiger partial charge in [0.1, 0.15) is 11.6 Å². The van der Waals surface area contributed by atoms with E-state index in [1.54, 1.807) is 20.9 Å². The van der Waals surface area contributed by atoms with Crippen molar-refractivity contribution >= 4 is 5.95 Å². The molecule has 62 valence electrons. The lowest BCUT2D eigenvalue weighted by Gasteiger charge is -1.98. The van der Waals surface area contributed by atoms with Crippen LogP contribution in [0.2, 0.25) is 1.41 Å². The van der Waals surface area contributed by atoms with Crippen molar-refractivity contribution in [3.05, 3.63) is 11.6 Å². The summed E-state index contributed by atoms with van der Waals surface area (Å²) in [6.07, 6.45) is 0. The Hall–Kier alpha value is -1.19. The van der Waals surface area contributed by atoms with Gasteiger partial charge < -0.3 is 5.31 Å². The molecule has 0 spiro atoms. The summed E-state index contributed by atoms with van der Waals surface area (Å²) in [6, 6.07) is 0. The summed E-state index contributed by atoms with van der Waals surface area (Å²) < 4.78 is 47.2. The van der Waals surface area contributed by atoms with Crippen LogP contribution in [0, 0.1) is 13.8 Å². The summed E-state index contributed by atoms with van der Waals surface area (Å²) in [6.45, 7) is 3.56. The average molecular weight is 164 g/mol. The van der Waals surface area contributed by atoms with Crippen molar-refractivity contribution < 1.29 is 13.3 Å². The predicted octanol–water partition coefficient (Wildman–Crippen LogP) is 1.51. The maximum Gasteiger partial charge on any atom is 0.225 e. The van der Waals surface area contributed by atoms with Gasteiger partial charge in [-0.15, -0.1) is 0 Å². The van der Waals surface area contributed by atoms with Gasteiger partial charge in [0.2, 0.25) is 5.95 Å². The molecular formula is C6H18N4. The van der Waals surface area contributed by atoms with Gasteiger partial charge in [-0.1, -0.05) is 0 Å². The molecule has 4 heteroatoms. The lowest BCUT2D eigenvalue weighted by molar-refractivity contribution is 0.924. The summed E-state index contributed by atoms with van der Waals surface area (Å²) in [5, 5.41) is 1.11. The number of aromatic nitrogens is 3. The summed E-state index contributed by atoms with van der Waals surface area (Å²) in [7, 11) is 1.58. The molecule has 0 unspecified atom stereocenters. The second-order valence-corrected chi connectivity index (χ2v) is 1.95. The van der Waals surface area contributed by atoms with Gasteiger partial charge in [0, 0.05) is 18.9 Å². The first kappa shape index (κ1) is 2.82. The molecule has 10 heavy (non-hydrogen) atoms. The molecular weight excluding hydrogens is 128 g/mol. The Morgan fingerprint density at radius 1 is 1.40 bits per heavy atom. The molecule has 1 aromatic heterocycles. The van der Waals surface area contributed by atoms with E-state index in [1.807, 2.05) is 0 Å². The van der Waals surface area contributed by atoms with E-state index in [4.69, 9.17) is 13.3 Å². The molecule has 1 N–H and O–H groups in total. The van der Waals surface area contributed by atoms with Crippen molar-refractivity contribution in [2.75, 3.05) is 12.4 Å². The Kier molecular flexibility index (Phi) is 0.732. The second-order valence-electron chi connectivity index (χ2n) is 1.95. The highest BCUT2D eigenvalue weighted by Gasteiger charge is 1.95. The van der Waals surface area contributed by atoms with Crippen LogP contribution in [0.15, 0.2) is 0 Å². The first-order valence-corrected chi connectivity index (χ1v) is 3.01. The zero-order valence-electron chi connectivity index (χ0n) is 15.3. The van der Waals surface area contributed by atoms with Crippen LogP contribution in [0.1, 0.15) is 23.5 Å². The minimum absolute atomic E-state index is 0.384. The highest BCUT2D eigenvalue weighted by molar-refractivity contribution is 5.21. The molecule has 4 nitrogen and oxygen atoms in total. The number of rotatable bonds is 1. The van der Waals surface area contributed by atoms with Crippen LogP contribution < -0.4 is 5.31 Å². The maximum absolute atomic E-state index is 7.19. The van der Waals surface area contributed by atoms with Crippen LogP contribution in [-0.4, -0.2) is 22.0 Å². The number of hydrogen-bond donors (Lipinski definition) is 1. The zero-order chi connectivity index (χ0) is 16.4. The van der Waals surface area contributed by atoms with E-state index in [1.165, 1.54) is 0 Å². The lowest BCUT2D eigenvalue weighted by atomic mass is 10.6. The first-order valence-electron chi connectivity index (χ1n) is 7.46. The minimum Gasteiger partial charge on any atom is -0.357 e. The van der Waals surface area contributed by atoms with Gasteiger partial charge in [0.15, 0.2) is 1.41 Å². The standard InChI is InChI=1S/C6H10N4.4H2/c1-4-8-5(2)10-6(7-3)9-4;;;;/h1-3H3,(H,7,8,9,10);4*1H/i;4*1+2T/hT. The first-order chi connectivity index (χ1) is 9.09. The molecule has 0 atom stereocenters. The van der Waals surface area contributed by atoms with Crippen LogP contribution in [0.3, 0.4) is 0 Å². The zero-order valence-corrected chi connectivity index (χ0v) is 6.29. The Bertz CT molecular complexity index is 255. The van der Waals surface area contributed by atoms with Crippen molar-refractivity contribution in [2.24, 2.45) is 0 Å². The molecule has 0 aliphatic rings. The lowest BCUT2D eigenvalue weighted by Crippen LogP contribution is -2.01. The second kappa shape index (κ2) is 2.60. The molecule has 0 radical (unpaired) electrons. The van der Waals surface area contributed by atoms with E-state index < -0.39 is 0 Å². The van der Waals surface area contributed by atoms with Gasteiger partial charge in [-0.3, -0.25) is 0 Å². The highest BCUT2D eigenvalue weighted by atomic mass is 15.1. The van der Waals surface area contributed by atoms with Gasteiger partial charge in [0.05, 0.1) is 0 Å². The van der Waals surface area contributed by atoms with Crippen LogP contribution in [0.4, 0.5) is 5.95 Å². The van der Waals surface area contributed by atoms with E-state index in [-0.39, 0.29) is 0 Å². The third kappa shape index (κ3) is 1.40. The van der Waals surface area contributed by atoms with Crippen molar-refractivity contribution in [3.8, 4) is 0 Å². The van der Waals surface area contributed by atoms with Gasteiger partial charge in [0.25, 0.3) is 0 Å². The van der Waals surface area contributed by atoms with Crippen LogP contribution in [0.25, 0.3) is 0 Å². The molecule has 0 aliphatic carbocycles. The average Bonchev–Trinajstić information content (AvgIpc) is 2.46. The summed E-state index contributed by atoms with van der Waals surface area (Å²) >= 11 is 0. The van der Waals surface area contributed by atoms with Crippen molar-refractivity contribution in [1.29, 1.82) is 0 Å². The van der Waals surface area contributed by atoms with Gasteiger partial charge in [-0.2, -0.15) is 9.97 Å². The van der Waals surface area contributed by atoms with E-state index in [0.29, 0.717) is 17.6 Å². The highest BCUT2D eigenvalue weighted by Crippen LogP contribution is 1.96. The molecule has 0 bridgehead atoms. The van der Waals surface area contributed by atoms with E-state index in [9.17, 15) is 0 Å². The van der Waals surface area contributed by atoms with E-state index in [2.05, 4.69) is 15.0 Å². The Morgan fingerprint density at radius 3 is 2.30 bits per heavy atom. The molecule has 0 aliphatic heterocycles. The fraction of sp³-hybridized carbons (Fsp3) is 0.500. The quantitative estimate of drug-likeness (QED) is 0.683. The Labute approximate surface area is 73.5 Å². The smallest absolute Gasteiger partial charge is 0.225 e. The summed E-state index contributed by atoms with van der Waals surface area (Å²) in [5.41, 5.74) is 0. The maximum atomic E-state index is 7.19. The van der Waals surface area contributed by atoms with Crippen LogP contribution in [-0.2, 0) is 0 Å². The van der Waals surface area contributed by atoms with E-state index in [0.717, 1.165) is 5.31 Å². The van der Waals surface area contributed by atoms with Crippen molar-refractivity contribution in [2.45, 2.75) is 13.8 Å². The fourth-order valence-corrected chi connectivity index (χ4v) is 0.699. The normalized spacial score (nSPS) is 14.1. The third-order valence-corrected chi connectivity index (χ3v) is 1.05. The SMILES string of the molecule is [3H]N(C)c1nc(C)nc(C)n1.[3H][3H].[3H][3H].[3H][3H].[3H][3H]. The van der Waals surface area contributed by atoms with E-state index >= 15 is 0 Å². The number of aryl methyl sites for hydroxylation is 2. The molecule has 0 saturated carbocycles. The molecule has 0 amide bonds. The molecule has 0 saturated heterocycles. The molecule has 1 heterocycles. The summed E-state index contributed by atoms with van der Waals surface area (Å²) in [5.74, 6) is 1.67. The van der Waals surface area contributed by atoms with Gasteiger partial charge >= 0.3 is 0 Å². The summed E-state index contributed by atoms with van der Waals surface area (Å²) in [4.78, 5) is 11.9. The topological polar surface area (TPSA) is 50.7 Å². The van der Waals surface area contributed by atoms with Crippen LogP contribution >= 0.6 is 0 Å². The molecule has 1 aromatic rings. The Morgan fingerprint density at radius 2 is 1.90 bits per heavy atom. The number of nitrogens with one attached hydrogen (secondary N) is 1. The number of nitrogens with zero attached hydrogens (tertiary/aromatic N) is 3. The number of hydrogen-bond acceptors (Lipinski definition) is 4. The van der Waals surface area contributed by atoms with Crippen molar-refractivity contribution in [1.82, 2.24) is 15.0 Å². The Balaban J connectivity index is -0.000000121. The third-order valence-electron chi connectivity index (χ3n) is 1.05. The fourth-order valence-electron chi connectivity index (χ4n) is 0.699. The monoisotopic (exact) mass is 164 g/mol. The molecule has 0 fully saturated rings. The van der Waals surface area contributed by atoms with Crippen molar-refractivity contribution in [3.63, 3.8) is 0 Å². The predicted molar refractivity (Wildman–Crippen MR) is 47.3 cm³/mol. The minimum atomic E-state index is 0.384. The van der Waals surface area contributed by atoms with Gasteiger partial charge in [-0.05, 0) is 13.8 Å².